The van der Waals surface area contributed by atoms with Crippen LogP contribution in [0.4, 0.5) is 10.2 Å². The second-order valence-corrected chi connectivity index (χ2v) is 6.63. The Kier molecular flexibility index (Phi) is 4.36. The molecule has 2 aromatic heterocycles. The average Bonchev–Trinajstić information content (AvgIpc) is 3.23. The number of carbonyl (C=O) groups excluding carboxylic acids is 1. The molecule has 4 rings (SSSR count). The average molecular weight is 356 g/mol. The van der Waals surface area contributed by atoms with Crippen molar-refractivity contribution in [2.75, 3.05) is 12.4 Å². The highest BCUT2D eigenvalue weighted by Gasteiger charge is 2.24. The van der Waals surface area contributed by atoms with Crippen molar-refractivity contribution in [3.05, 3.63) is 41.8 Å². The number of rotatable bonds is 4. The van der Waals surface area contributed by atoms with Gasteiger partial charge in [0, 0.05) is 17.8 Å². The van der Waals surface area contributed by atoms with Gasteiger partial charge in [0.1, 0.15) is 17.1 Å². The number of ether oxygens (including phenoxy) is 1. The minimum absolute atomic E-state index is 0.296. The first kappa shape index (κ1) is 16.6. The number of methoxy groups -OCH3 is 1. The molecule has 3 aromatic rings. The maximum atomic E-state index is 13.3. The van der Waals surface area contributed by atoms with Crippen LogP contribution >= 0.6 is 0 Å². The summed E-state index contributed by atoms with van der Waals surface area (Å²) >= 11 is 0. The van der Waals surface area contributed by atoms with E-state index in [2.05, 4.69) is 15.4 Å². The van der Waals surface area contributed by atoms with Crippen LogP contribution in [-0.2, 0) is 4.74 Å². The van der Waals surface area contributed by atoms with Gasteiger partial charge in [-0.2, -0.15) is 0 Å². The van der Waals surface area contributed by atoms with Crippen molar-refractivity contribution in [3.63, 3.8) is 0 Å². The molecular formula is C19H21FN4O2. The molecule has 0 aliphatic heterocycles. The van der Waals surface area contributed by atoms with E-state index in [4.69, 9.17) is 4.74 Å². The molecule has 0 atom stereocenters. The number of benzene rings is 1. The van der Waals surface area contributed by atoms with E-state index in [1.54, 1.807) is 22.8 Å². The fraction of sp³-hybridized carbons (Fsp3) is 0.368. The second-order valence-electron chi connectivity index (χ2n) is 6.63. The number of fused-ring (bicyclic) bond motifs is 1. The van der Waals surface area contributed by atoms with Crippen LogP contribution in [-0.4, -0.2) is 33.7 Å². The van der Waals surface area contributed by atoms with E-state index < -0.39 is 5.97 Å². The van der Waals surface area contributed by atoms with Gasteiger partial charge in [0.2, 0.25) is 0 Å². The Morgan fingerprint density at radius 1 is 1.27 bits per heavy atom. The van der Waals surface area contributed by atoms with Gasteiger partial charge in [-0.1, -0.05) is 19.3 Å². The van der Waals surface area contributed by atoms with E-state index in [0.717, 1.165) is 24.2 Å². The van der Waals surface area contributed by atoms with Crippen molar-refractivity contribution in [1.82, 2.24) is 14.6 Å². The topological polar surface area (TPSA) is 71.4 Å². The Labute approximate surface area is 150 Å². The maximum Gasteiger partial charge on any atom is 0.343 e. The molecule has 136 valence electrons. The van der Waals surface area contributed by atoms with Crippen LogP contribution in [0.1, 0.15) is 42.5 Å². The van der Waals surface area contributed by atoms with Gasteiger partial charge >= 0.3 is 5.97 Å². The first-order valence-electron chi connectivity index (χ1n) is 8.88. The summed E-state index contributed by atoms with van der Waals surface area (Å²) in [6.07, 6.45) is 7.45. The molecule has 0 amide bonds. The lowest BCUT2D eigenvalue weighted by Gasteiger charge is -2.23. The lowest BCUT2D eigenvalue weighted by molar-refractivity contribution is 0.0602. The van der Waals surface area contributed by atoms with E-state index in [9.17, 15) is 9.18 Å². The molecule has 2 heterocycles. The fourth-order valence-corrected chi connectivity index (χ4v) is 3.56. The Morgan fingerprint density at radius 3 is 2.69 bits per heavy atom. The summed E-state index contributed by atoms with van der Waals surface area (Å²) in [5, 5.41) is 6.66. The number of aromatic amines is 1. The number of aromatic nitrogens is 3. The molecule has 0 unspecified atom stereocenters. The highest BCUT2D eigenvalue weighted by Crippen LogP contribution is 2.32. The van der Waals surface area contributed by atoms with Gasteiger partial charge in [0.05, 0.1) is 7.11 Å². The predicted octanol–water partition coefficient (Wildman–Crippen LogP) is 4.00. The number of hydrogen-bond donors (Lipinski definition) is 2. The van der Waals surface area contributed by atoms with Gasteiger partial charge in [0.15, 0.2) is 11.5 Å². The molecule has 0 saturated heterocycles. The van der Waals surface area contributed by atoms with E-state index in [0.29, 0.717) is 22.9 Å². The smallest absolute Gasteiger partial charge is 0.343 e. The third kappa shape index (κ3) is 2.94. The van der Waals surface area contributed by atoms with Crippen LogP contribution < -0.4 is 5.32 Å². The molecule has 0 bridgehead atoms. The van der Waals surface area contributed by atoms with Crippen molar-refractivity contribution >= 4 is 17.4 Å². The summed E-state index contributed by atoms with van der Waals surface area (Å²) in [6.45, 7) is 0. The summed E-state index contributed by atoms with van der Waals surface area (Å²) in [5.74, 6) is 0.0420. The van der Waals surface area contributed by atoms with Gasteiger partial charge in [-0.15, -0.1) is 0 Å². The zero-order valence-corrected chi connectivity index (χ0v) is 14.6. The van der Waals surface area contributed by atoms with Gasteiger partial charge < -0.3 is 10.1 Å². The molecule has 1 aliphatic rings. The number of carbonyl (C=O) groups is 1. The summed E-state index contributed by atoms with van der Waals surface area (Å²) in [6, 6.07) is 6.57. The zero-order valence-electron chi connectivity index (χ0n) is 14.6. The van der Waals surface area contributed by atoms with Crippen molar-refractivity contribution in [2.45, 2.75) is 38.1 Å². The number of anilines is 1. The molecule has 0 radical (unpaired) electrons. The number of esters is 1. The number of halogens is 1. The second kappa shape index (κ2) is 6.82. The first-order valence-corrected chi connectivity index (χ1v) is 8.88. The highest BCUT2D eigenvalue weighted by atomic mass is 19.1. The molecule has 2 N–H and O–H groups in total. The van der Waals surface area contributed by atoms with Gasteiger partial charge in [-0.3, -0.25) is 5.10 Å². The Hall–Kier alpha value is -2.83. The molecule has 1 fully saturated rings. The number of H-pyrrole nitrogens is 1. The quantitative estimate of drug-likeness (QED) is 0.693. The number of hydrogen-bond acceptors (Lipinski definition) is 4. The predicted molar refractivity (Wildman–Crippen MR) is 96.8 cm³/mol. The summed E-state index contributed by atoms with van der Waals surface area (Å²) < 4.78 is 19.9. The highest BCUT2D eigenvalue weighted by molar-refractivity contribution is 5.97. The Balaban J connectivity index is 1.82. The third-order valence-electron chi connectivity index (χ3n) is 4.93. The molecule has 1 aliphatic carbocycles. The van der Waals surface area contributed by atoms with Crippen molar-refractivity contribution in [3.8, 4) is 11.3 Å². The molecule has 1 saturated carbocycles. The van der Waals surface area contributed by atoms with Gasteiger partial charge in [-0.25, -0.2) is 18.7 Å². The van der Waals surface area contributed by atoms with Crippen molar-refractivity contribution < 1.29 is 13.9 Å². The minimum atomic E-state index is -0.448. The molecule has 6 nitrogen and oxygen atoms in total. The standard InChI is InChI=1S/C19H21FN4O2/c1-26-19(25)15-11-21-24-17(15)23-16(12-7-9-13(20)10-8-12)18(24)22-14-5-3-2-4-6-14/h7-11,14,21-22H,2-6H2,1H3. The Bertz CT molecular complexity index is 923. The van der Waals surface area contributed by atoms with E-state index in [1.807, 2.05) is 0 Å². The SMILES string of the molecule is COC(=O)c1c[nH]n2c(NC3CCCCC3)c(-c3ccc(F)cc3)nc12. The maximum absolute atomic E-state index is 13.3. The van der Waals surface area contributed by atoms with Crippen molar-refractivity contribution in [1.29, 1.82) is 0 Å². The number of nitrogens with one attached hydrogen (secondary N) is 2. The van der Waals surface area contributed by atoms with Crippen LogP contribution in [0.3, 0.4) is 0 Å². The van der Waals surface area contributed by atoms with Crippen LogP contribution in [0, 0.1) is 5.82 Å². The van der Waals surface area contributed by atoms with Crippen LogP contribution in [0.15, 0.2) is 30.5 Å². The first-order chi connectivity index (χ1) is 12.7. The zero-order chi connectivity index (χ0) is 18.1. The lowest BCUT2D eigenvalue weighted by atomic mass is 9.95. The van der Waals surface area contributed by atoms with E-state index in [1.165, 1.54) is 38.5 Å². The normalized spacial score (nSPS) is 15.3. The number of imidazole rings is 1. The third-order valence-corrected chi connectivity index (χ3v) is 4.93. The summed E-state index contributed by atoms with van der Waals surface area (Å²) in [7, 11) is 1.34. The summed E-state index contributed by atoms with van der Waals surface area (Å²) in [5.41, 5.74) is 2.34. The summed E-state index contributed by atoms with van der Waals surface area (Å²) in [4.78, 5) is 16.7. The van der Waals surface area contributed by atoms with Crippen LogP contribution in [0.25, 0.3) is 16.9 Å². The van der Waals surface area contributed by atoms with E-state index in [-0.39, 0.29) is 5.82 Å². The fourth-order valence-electron chi connectivity index (χ4n) is 3.56. The largest absolute Gasteiger partial charge is 0.465 e. The lowest BCUT2D eigenvalue weighted by Crippen LogP contribution is -2.23. The Morgan fingerprint density at radius 2 is 2.00 bits per heavy atom. The molecular weight excluding hydrogens is 335 g/mol. The minimum Gasteiger partial charge on any atom is -0.465 e. The number of nitrogens with zero attached hydrogens (tertiary/aromatic N) is 2. The molecule has 26 heavy (non-hydrogen) atoms. The molecule has 0 spiro atoms. The van der Waals surface area contributed by atoms with Crippen molar-refractivity contribution in [2.24, 2.45) is 0 Å². The van der Waals surface area contributed by atoms with E-state index >= 15 is 0 Å². The van der Waals surface area contributed by atoms with Gasteiger partial charge in [0.25, 0.3) is 0 Å². The monoisotopic (exact) mass is 356 g/mol. The van der Waals surface area contributed by atoms with Gasteiger partial charge in [-0.05, 0) is 37.1 Å². The van der Waals surface area contributed by atoms with Crippen LogP contribution in [0.5, 0.6) is 0 Å². The van der Waals surface area contributed by atoms with Crippen LogP contribution in [0.2, 0.25) is 0 Å². The molecule has 7 heteroatoms. The molecule has 1 aromatic carbocycles.